The SMILES string of the molecule is COC(=O)c1cc(Nc2ccc(Cl)c(F)c2)c(F)cc1N. The lowest BCUT2D eigenvalue weighted by Crippen LogP contribution is -2.07. The van der Waals surface area contributed by atoms with Crippen LogP contribution < -0.4 is 11.1 Å². The molecule has 0 aliphatic carbocycles. The Morgan fingerprint density at radius 3 is 2.57 bits per heavy atom. The highest BCUT2D eigenvalue weighted by atomic mass is 35.5. The number of nitrogens with two attached hydrogens (primary N) is 1. The average molecular weight is 313 g/mol. The van der Waals surface area contributed by atoms with Crippen molar-refractivity contribution in [3.8, 4) is 0 Å². The van der Waals surface area contributed by atoms with E-state index in [9.17, 15) is 13.6 Å². The van der Waals surface area contributed by atoms with Gasteiger partial charge in [-0.05, 0) is 30.3 Å². The lowest BCUT2D eigenvalue weighted by Gasteiger charge is -2.11. The summed E-state index contributed by atoms with van der Waals surface area (Å²) in [5, 5.41) is 2.60. The summed E-state index contributed by atoms with van der Waals surface area (Å²) in [4.78, 5) is 11.5. The summed E-state index contributed by atoms with van der Waals surface area (Å²) in [6, 6.07) is 6.09. The first-order valence-electron chi connectivity index (χ1n) is 5.81. The average Bonchev–Trinajstić information content (AvgIpc) is 2.45. The number of anilines is 3. The molecule has 0 aliphatic rings. The molecule has 2 aromatic carbocycles. The lowest BCUT2D eigenvalue weighted by atomic mass is 10.1. The number of esters is 1. The third-order valence-corrected chi connectivity index (χ3v) is 3.05. The number of methoxy groups -OCH3 is 1. The molecule has 110 valence electrons. The molecule has 3 N–H and O–H groups in total. The van der Waals surface area contributed by atoms with Crippen LogP contribution in [-0.4, -0.2) is 13.1 Å². The highest BCUT2D eigenvalue weighted by Crippen LogP contribution is 2.27. The van der Waals surface area contributed by atoms with E-state index in [1.807, 2.05) is 0 Å². The Morgan fingerprint density at radius 2 is 1.95 bits per heavy atom. The van der Waals surface area contributed by atoms with Crippen molar-refractivity contribution >= 4 is 34.6 Å². The van der Waals surface area contributed by atoms with Crippen LogP contribution in [0.15, 0.2) is 30.3 Å². The number of hydrogen-bond acceptors (Lipinski definition) is 4. The van der Waals surface area contributed by atoms with Gasteiger partial charge in [0.2, 0.25) is 0 Å². The monoisotopic (exact) mass is 312 g/mol. The lowest BCUT2D eigenvalue weighted by molar-refractivity contribution is 0.0602. The normalized spacial score (nSPS) is 10.3. The molecule has 0 spiro atoms. The second-order valence-electron chi connectivity index (χ2n) is 4.16. The van der Waals surface area contributed by atoms with Gasteiger partial charge in [-0.25, -0.2) is 13.6 Å². The number of nitrogens with one attached hydrogen (secondary N) is 1. The molecule has 0 aliphatic heterocycles. The Morgan fingerprint density at radius 1 is 1.24 bits per heavy atom. The van der Waals surface area contributed by atoms with Crippen LogP contribution in [0.25, 0.3) is 0 Å². The molecule has 0 fully saturated rings. The molecule has 21 heavy (non-hydrogen) atoms. The number of carbonyl (C=O) groups excluding carboxylic acids is 1. The van der Waals surface area contributed by atoms with Crippen molar-refractivity contribution in [3.05, 3.63) is 52.6 Å². The maximum Gasteiger partial charge on any atom is 0.340 e. The molecule has 0 saturated heterocycles. The van der Waals surface area contributed by atoms with Gasteiger partial charge in [-0.15, -0.1) is 0 Å². The fraction of sp³-hybridized carbons (Fsp3) is 0.0714. The van der Waals surface area contributed by atoms with Crippen LogP contribution in [0.4, 0.5) is 25.8 Å². The summed E-state index contributed by atoms with van der Waals surface area (Å²) in [7, 11) is 1.19. The van der Waals surface area contributed by atoms with Crippen molar-refractivity contribution < 1.29 is 18.3 Å². The second kappa shape index (κ2) is 5.97. The van der Waals surface area contributed by atoms with Crippen LogP contribution in [-0.2, 0) is 4.74 Å². The fourth-order valence-electron chi connectivity index (χ4n) is 1.70. The number of benzene rings is 2. The van der Waals surface area contributed by atoms with Crippen molar-refractivity contribution in [1.82, 2.24) is 0 Å². The summed E-state index contributed by atoms with van der Waals surface area (Å²) < 4.78 is 31.7. The number of ether oxygens (including phenoxy) is 1. The molecule has 0 radical (unpaired) electrons. The van der Waals surface area contributed by atoms with E-state index < -0.39 is 17.6 Å². The minimum Gasteiger partial charge on any atom is -0.465 e. The molecule has 2 rings (SSSR count). The van der Waals surface area contributed by atoms with Gasteiger partial charge in [0.05, 0.1) is 23.4 Å². The van der Waals surface area contributed by atoms with Crippen LogP contribution in [0.3, 0.4) is 0 Å². The number of rotatable bonds is 3. The van der Waals surface area contributed by atoms with E-state index in [1.54, 1.807) is 0 Å². The Labute approximate surface area is 124 Å². The second-order valence-corrected chi connectivity index (χ2v) is 4.57. The predicted molar refractivity (Wildman–Crippen MR) is 76.8 cm³/mol. The van der Waals surface area contributed by atoms with E-state index in [2.05, 4.69) is 10.1 Å². The third kappa shape index (κ3) is 3.22. The molecular formula is C14H11ClF2N2O2. The quantitative estimate of drug-likeness (QED) is 0.669. The van der Waals surface area contributed by atoms with Gasteiger partial charge < -0.3 is 15.8 Å². The largest absolute Gasteiger partial charge is 0.465 e. The molecule has 7 heteroatoms. The van der Waals surface area contributed by atoms with Crippen LogP contribution in [0.2, 0.25) is 5.02 Å². The molecular weight excluding hydrogens is 302 g/mol. The van der Waals surface area contributed by atoms with E-state index in [-0.39, 0.29) is 27.6 Å². The zero-order valence-electron chi connectivity index (χ0n) is 10.9. The first-order chi connectivity index (χ1) is 9.92. The van der Waals surface area contributed by atoms with Gasteiger partial charge in [-0.1, -0.05) is 11.6 Å². The first-order valence-corrected chi connectivity index (χ1v) is 6.19. The van der Waals surface area contributed by atoms with Crippen LogP contribution >= 0.6 is 11.6 Å². The minimum atomic E-state index is -0.696. The molecule has 0 amide bonds. The zero-order valence-corrected chi connectivity index (χ0v) is 11.7. The maximum absolute atomic E-state index is 13.8. The number of hydrogen-bond donors (Lipinski definition) is 2. The molecule has 4 nitrogen and oxygen atoms in total. The van der Waals surface area contributed by atoms with Crippen molar-refractivity contribution in [1.29, 1.82) is 0 Å². The topological polar surface area (TPSA) is 64.3 Å². The van der Waals surface area contributed by atoms with Crippen molar-refractivity contribution in [2.45, 2.75) is 0 Å². The van der Waals surface area contributed by atoms with Crippen molar-refractivity contribution in [3.63, 3.8) is 0 Å². The van der Waals surface area contributed by atoms with Crippen molar-refractivity contribution in [2.24, 2.45) is 0 Å². The Balaban J connectivity index is 2.39. The van der Waals surface area contributed by atoms with E-state index in [4.69, 9.17) is 17.3 Å². The summed E-state index contributed by atoms with van der Waals surface area (Å²) in [5.41, 5.74) is 5.76. The molecule has 2 aromatic rings. The molecule has 0 unspecified atom stereocenters. The molecule has 0 aromatic heterocycles. The number of nitrogen functional groups attached to an aromatic ring is 1. The summed E-state index contributed by atoms with van der Waals surface area (Å²) in [6.07, 6.45) is 0. The fourth-order valence-corrected chi connectivity index (χ4v) is 1.82. The Hall–Kier alpha value is -2.34. The van der Waals surface area contributed by atoms with Crippen LogP contribution in [0.5, 0.6) is 0 Å². The van der Waals surface area contributed by atoms with Gasteiger partial charge in [-0.3, -0.25) is 0 Å². The highest BCUT2D eigenvalue weighted by Gasteiger charge is 2.15. The standard InChI is InChI=1S/C14H11ClF2N2O2/c1-21-14(20)8-5-13(11(17)6-12(8)18)19-7-2-3-9(15)10(16)4-7/h2-6,19H,18H2,1H3. The molecule has 0 atom stereocenters. The van der Waals surface area contributed by atoms with Gasteiger partial charge in [0.15, 0.2) is 0 Å². The van der Waals surface area contributed by atoms with E-state index in [0.717, 1.165) is 12.1 Å². The first kappa shape index (κ1) is 15.1. The predicted octanol–water partition coefficient (Wildman–Crippen LogP) is 3.73. The smallest absolute Gasteiger partial charge is 0.340 e. The highest BCUT2D eigenvalue weighted by molar-refractivity contribution is 6.30. The van der Waals surface area contributed by atoms with E-state index >= 15 is 0 Å². The summed E-state index contributed by atoms with van der Waals surface area (Å²) >= 11 is 5.57. The molecule has 0 heterocycles. The Kier molecular flexibility index (Phi) is 4.28. The van der Waals surface area contributed by atoms with Gasteiger partial charge in [0, 0.05) is 11.4 Å². The summed E-state index contributed by atoms with van der Waals surface area (Å²) in [6.45, 7) is 0. The van der Waals surface area contributed by atoms with Crippen LogP contribution in [0, 0.1) is 11.6 Å². The zero-order chi connectivity index (χ0) is 15.6. The van der Waals surface area contributed by atoms with E-state index in [1.165, 1.54) is 25.3 Å². The number of halogens is 3. The Bertz CT molecular complexity index is 708. The van der Waals surface area contributed by atoms with Gasteiger partial charge in [-0.2, -0.15) is 0 Å². The third-order valence-electron chi connectivity index (χ3n) is 2.74. The van der Waals surface area contributed by atoms with Crippen LogP contribution in [0.1, 0.15) is 10.4 Å². The molecule has 0 saturated carbocycles. The van der Waals surface area contributed by atoms with Crippen molar-refractivity contribution in [2.75, 3.05) is 18.2 Å². The maximum atomic E-state index is 13.8. The van der Waals surface area contributed by atoms with Gasteiger partial charge >= 0.3 is 5.97 Å². The van der Waals surface area contributed by atoms with E-state index in [0.29, 0.717) is 0 Å². The molecule has 0 bridgehead atoms. The van der Waals surface area contributed by atoms with Gasteiger partial charge in [0.1, 0.15) is 11.6 Å². The van der Waals surface area contributed by atoms with Gasteiger partial charge in [0.25, 0.3) is 0 Å². The minimum absolute atomic E-state index is 0.0100. The number of carbonyl (C=O) groups is 1. The summed E-state index contributed by atoms with van der Waals surface area (Å²) in [5.74, 6) is -2.03.